The number of hydrogen-bond acceptors (Lipinski definition) is 3. The highest BCUT2D eigenvalue weighted by Crippen LogP contribution is 2.58. The number of unbranched alkanes of at least 4 members (excludes halogenated alkanes) is 1. The van der Waals surface area contributed by atoms with Crippen LogP contribution < -0.4 is 0 Å². The molecule has 4 heteroatoms. The van der Waals surface area contributed by atoms with E-state index in [1.54, 1.807) is 0 Å². The van der Waals surface area contributed by atoms with Crippen LogP contribution in [0.2, 0.25) is 0 Å². The van der Waals surface area contributed by atoms with E-state index in [4.69, 9.17) is 4.52 Å². The first kappa shape index (κ1) is 35.9. The summed E-state index contributed by atoms with van der Waals surface area (Å²) < 4.78 is 6.62. The van der Waals surface area contributed by atoms with Crippen LogP contribution in [-0.2, 0) is 26.2 Å². The van der Waals surface area contributed by atoms with E-state index in [-0.39, 0.29) is 27.6 Å². The van der Waals surface area contributed by atoms with Gasteiger partial charge in [-0.3, -0.25) is 0 Å². The normalized spacial score (nSPS) is 14.6. The Morgan fingerprint density at radius 3 is 1.22 bits per heavy atom. The molecule has 1 atom stereocenters. The zero-order valence-corrected chi connectivity index (χ0v) is 29.8. The molecule has 0 saturated heterocycles. The Hall–Kier alpha value is -1.25. The van der Waals surface area contributed by atoms with Crippen LogP contribution in [0.5, 0.6) is 0 Å². The van der Waals surface area contributed by atoms with Crippen LogP contribution >= 0.6 is 7.94 Å². The highest BCUT2D eigenvalue weighted by atomic mass is 31.2. The maximum atomic E-state index is 11.6. The number of rotatable bonds is 10. The molecule has 232 valence electrons. The molecule has 3 nitrogen and oxygen atoms in total. The van der Waals surface area contributed by atoms with E-state index in [1.807, 2.05) is 0 Å². The quantitative estimate of drug-likeness (QED) is 0.273. The molecule has 0 amide bonds. The highest BCUT2D eigenvalue weighted by molar-refractivity contribution is 7.59. The van der Waals surface area contributed by atoms with Crippen LogP contribution in [0.1, 0.15) is 162 Å². The number of hydrogen-bond donors (Lipinski definition) is 2. The first-order chi connectivity index (χ1) is 18.5. The minimum Gasteiger partial charge on any atom is -0.193 e. The first-order valence-electron chi connectivity index (χ1n) is 15.8. The van der Waals surface area contributed by atoms with Crippen molar-refractivity contribution in [1.29, 1.82) is 0 Å². The molecule has 0 spiro atoms. The topological polar surface area (TPSA) is 49.7 Å². The molecule has 0 aliphatic carbocycles. The van der Waals surface area contributed by atoms with Gasteiger partial charge in [-0.1, -0.05) is 146 Å². The van der Waals surface area contributed by atoms with E-state index in [0.29, 0.717) is 6.16 Å². The minimum atomic E-state index is -3.67. The Labute approximate surface area is 254 Å². The fourth-order valence-corrected chi connectivity index (χ4v) is 6.90. The summed E-state index contributed by atoms with van der Waals surface area (Å²) in [5.74, 6) is 0.232. The highest BCUT2D eigenvalue weighted by Gasteiger charge is 2.43. The second-order valence-electron chi connectivity index (χ2n) is 16.4. The van der Waals surface area contributed by atoms with E-state index < -0.39 is 14.0 Å². The Kier molecular flexibility index (Phi) is 11.5. The lowest BCUT2D eigenvalue weighted by Gasteiger charge is -2.31. The van der Waals surface area contributed by atoms with Gasteiger partial charge in [0, 0.05) is 5.92 Å². The molecule has 0 aliphatic rings. The molecular weight excluding hydrogens is 523 g/mol. The maximum Gasteiger partial charge on any atom is 0.407 e. The smallest absolute Gasteiger partial charge is 0.193 e. The largest absolute Gasteiger partial charge is 0.407 e. The van der Waals surface area contributed by atoms with Crippen molar-refractivity contribution in [1.82, 2.24) is 0 Å². The van der Waals surface area contributed by atoms with Gasteiger partial charge in [-0.05, 0) is 67.9 Å². The second-order valence-corrected chi connectivity index (χ2v) is 18.3. The fourth-order valence-electron chi connectivity index (χ4n) is 5.12. The van der Waals surface area contributed by atoms with E-state index in [1.165, 1.54) is 22.3 Å². The minimum absolute atomic E-state index is 0.0670. The third-order valence-corrected chi connectivity index (χ3v) is 9.83. The average Bonchev–Trinajstić information content (AvgIpc) is 2.82. The van der Waals surface area contributed by atoms with Gasteiger partial charge in [0.1, 0.15) is 6.16 Å². The zero-order valence-electron chi connectivity index (χ0n) is 28.9. The van der Waals surface area contributed by atoms with E-state index in [9.17, 15) is 9.79 Å². The lowest BCUT2D eigenvalue weighted by atomic mass is 9.77. The van der Waals surface area contributed by atoms with E-state index in [0.717, 1.165) is 36.8 Å². The molecule has 2 aromatic carbocycles. The molecule has 0 bridgehead atoms. The third kappa shape index (κ3) is 10.5. The summed E-state index contributed by atoms with van der Waals surface area (Å²) in [4.78, 5) is 23.1. The van der Waals surface area contributed by atoms with Crippen LogP contribution in [0.4, 0.5) is 0 Å². The van der Waals surface area contributed by atoms with Crippen molar-refractivity contribution in [2.75, 3.05) is 6.16 Å². The summed E-state index contributed by atoms with van der Waals surface area (Å²) in [7, 11) is -3.67. The first-order valence-corrected chi connectivity index (χ1v) is 17.6. The molecule has 1 unspecified atom stereocenters. The molecular formula is C37H62O3P+. The van der Waals surface area contributed by atoms with Gasteiger partial charge in [0.2, 0.25) is 0 Å². The molecule has 0 aliphatic heterocycles. The van der Waals surface area contributed by atoms with E-state index >= 15 is 0 Å². The Balaban J connectivity index is 2.87. The molecule has 0 fully saturated rings. The van der Waals surface area contributed by atoms with Crippen molar-refractivity contribution in [3.8, 4) is 0 Å². The van der Waals surface area contributed by atoms with Gasteiger partial charge in [0.05, 0.1) is 0 Å². The van der Waals surface area contributed by atoms with E-state index in [2.05, 4.69) is 133 Å². The monoisotopic (exact) mass is 585 g/mol. The van der Waals surface area contributed by atoms with Crippen LogP contribution in [0.15, 0.2) is 36.4 Å². The predicted octanol–water partition coefficient (Wildman–Crippen LogP) is 10.9. The van der Waals surface area contributed by atoms with Crippen molar-refractivity contribution in [2.45, 2.75) is 150 Å². The predicted molar refractivity (Wildman–Crippen MR) is 180 cm³/mol. The zero-order chi connectivity index (χ0) is 31.6. The van der Waals surface area contributed by atoms with Crippen molar-refractivity contribution in [3.05, 3.63) is 69.8 Å². The summed E-state index contributed by atoms with van der Waals surface area (Å²) in [5, 5.41) is 0. The van der Waals surface area contributed by atoms with Gasteiger partial charge < -0.3 is 0 Å². The van der Waals surface area contributed by atoms with Crippen LogP contribution in [0, 0.1) is 5.92 Å². The lowest BCUT2D eigenvalue weighted by Crippen LogP contribution is -2.21. The summed E-state index contributed by atoms with van der Waals surface area (Å²) in [6.07, 6.45) is 3.81. The lowest BCUT2D eigenvalue weighted by molar-refractivity contribution is 0.177. The van der Waals surface area contributed by atoms with Crippen LogP contribution in [0.25, 0.3) is 0 Å². The summed E-state index contributed by atoms with van der Waals surface area (Å²) in [6.45, 7) is 31.2. The van der Waals surface area contributed by atoms with Crippen molar-refractivity contribution in [3.63, 3.8) is 0 Å². The summed E-state index contributed by atoms with van der Waals surface area (Å²) in [6, 6.07) is 13.5. The van der Waals surface area contributed by atoms with Crippen molar-refractivity contribution >= 4 is 7.94 Å². The Morgan fingerprint density at radius 2 is 0.951 bits per heavy atom. The average molecular weight is 586 g/mol. The third-order valence-electron chi connectivity index (χ3n) is 8.29. The van der Waals surface area contributed by atoms with Gasteiger partial charge in [-0.2, -0.15) is 14.3 Å². The molecule has 0 heterocycles. The summed E-state index contributed by atoms with van der Waals surface area (Å²) in [5.41, 5.74) is 6.62. The Bertz CT molecular complexity index is 997. The molecule has 41 heavy (non-hydrogen) atoms. The van der Waals surface area contributed by atoms with Gasteiger partial charge in [-0.25, -0.2) is 0 Å². The number of benzene rings is 2. The van der Waals surface area contributed by atoms with Gasteiger partial charge in [-0.15, -0.1) is 0 Å². The van der Waals surface area contributed by atoms with Crippen molar-refractivity contribution < 1.29 is 14.3 Å². The standard InChI is InChI=1S/C37H62O3P/c1-15-17-18-26(16-2)25-41(38,39)40-33(27-19-29(34(3,4)5)23-30(20-27)35(6,7)8)28-21-31(36(9,10)11)24-32(22-28)37(12,13)14/h19-24,26,33,38-39H,15-18,25H2,1-14H3/q+1. The second kappa shape index (κ2) is 13.2. The van der Waals surface area contributed by atoms with Crippen LogP contribution in [0.3, 0.4) is 0 Å². The molecule has 0 saturated carbocycles. The molecule has 2 aromatic rings. The van der Waals surface area contributed by atoms with Gasteiger partial charge >= 0.3 is 7.94 Å². The van der Waals surface area contributed by atoms with Crippen molar-refractivity contribution in [2.24, 2.45) is 5.92 Å². The molecule has 0 aromatic heterocycles. The fraction of sp³-hybridized carbons (Fsp3) is 0.676. The SMILES string of the molecule is CCCCC(CC)C[P+](O)(O)OC(c1cc(C(C)(C)C)cc(C(C)(C)C)c1)c1cc(C(C)(C)C)cc(C(C)(C)C)c1. The van der Waals surface area contributed by atoms with Crippen LogP contribution in [-0.4, -0.2) is 15.9 Å². The van der Waals surface area contributed by atoms with Gasteiger partial charge in [0.15, 0.2) is 6.10 Å². The molecule has 0 radical (unpaired) electrons. The summed E-state index contributed by atoms with van der Waals surface area (Å²) >= 11 is 0. The van der Waals surface area contributed by atoms with Gasteiger partial charge in [0.25, 0.3) is 0 Å². The molecule has 2 N–H and O–H groups in total. The molecule has 2 rings (SSSR count). The maximum absolute atomic E-state index is 11.6. The Morgan fingerprint density at radius 1 is 0.610 bits per heavy atom.